The topological polar surface area (TPSA) is 47.4 Å². The number of ether oxygens (including phenoxy) is 1. The van der Waals surface area contributed by atoms with Gasteiger partial charge in [0.25, 0.3) is 0 Å². The molecule has 0 bridgehead atoms. The molecule has 21 heavy (non-hydrogen) atoms. The van der Waals surface area contributed by atoms with Crippen molar-refractivity contribution in [3.05, 3.63) is 17.7 Å². The SMILES string of the molecule is COCc1cnc2n1CCN(C(=O)C1CCSCC1)[C@@H]2C. The molecule has 2 aliphatic heterocycles. The number of rotatable bonds is 3. The summed E-state index contributed by atoms with van der Waals surface area (Å²) < 4.78 is 7.42. The average Bonchev–Trinajstić information content (AvgIpc) is 2.92. The third-order valence-electron chi connectivity index (χ3n) is 4.52. The molecule has 6 heteroatoms. The summed E-state index contributed by atoms with van der Waals surface area (Å²) in [4.78, 5) is 19.3. The van der Waals surface area contributed by atoms with Crippen LogP contribution in [-0.2, 0) is 22.7 Å². The second kappa shape index (κ2) is 6.40. The Hall–Kier alpha value is -1.01. The zero-order valence-electron chi connectivity index (χ0n) is 12.7. The maximum Gasteiger partial charge on any atom is 0.226 e. The summed E-state index contributed by atoms with van der Waals surface area (Å²) in [5, 5.41) is 0. The van der Waals surface area contributed by atoms with E-state index in [1.54, 1.807) is 7.11 Å². The summed E-state index contributed by atoms with van der Waals surface area (Å²) >= 11 is 1.96. The molecule has 1 aromatic rings. The van der Waals surface area contributed by atoms with E-state index in [0.717, 1.165) is 49.0 Å². The van der Waals surface area contributed by atoms with Crippen molar-refractivity contribution in [3.63, 3.8) is 0 Å². The molecule has 0 aromatic carbocycles. The first-order chi connectivity index (χ1) is 10.2. The number of thioether (sulfide) groups is 1. The van der Waals surface area contributed by atoms with Crippen LogP contribution in [0.3, 0.4) is 0 Å². The van der Waals surface area contributed by atoms with Crippen molar-refractivity contribution in [2.45, 2.75) is 39.0 Å². The van der Waals surface area contributed by atoms with Gasteiger partial charge < -0.3 is 14.2 Å². The lowest BCUT2D eigenvalue weighted by atomic mass is 9.99. The lowest BCUT2D eigenvalue weighted by Gasteiger charge is -2.37. The van der Waals surface area contributed by atoms with Crippen molar-refractivity contribution < 1.29 is 9.53 Å². The summed E-state index contributed by atoms with van der Waals surface area (Å²) in [6.45, 7) is 4.27. The molecule has 3 rings (SSSR count). The Morgan fingerprint density at radius 2 is 2.19 bits per heavy atom. The molecular weight excluding hydrogens is 286 g/mol. The van der Waals surface area contributed by atoms with Gasteiger partial charge in [-0.2, -0.15) is 11.8 Å². The van der Waals surface area contributed by atoms with Gasteiger partial charge in [0.15, 0.2) is 0 Å². The van der Waals surface area contributed by atoms with Crippen molar-refractivity contribution in [1.29, 1.82) is 0 Å². The molecule has 2 aliphatic rings. The molecule has 5 nitrogen and oxygen atoms in total. The van der Waals surface area contributed by atoms with Gasteiger partial charge in [0.05, 0.1) is 24.5 Å². The molecule has 0 saturated carbocycles. The molecule has 1 fully saturated rings. The van der Waals surface area contributed by atoms with Gasteiger partial charge in [-0.15, -0.1) is 0 Å². The lowest BCUT2D eigenvalue weighted by molar-refractivity contribution is -0.139. The maximum absolute atomic E-state index is 12.8. The Morgan fingerprint density at radius 3 is 2.90 bits per heavy atom. The van der Waals surface area contributed by atoms with Gasteiger partial charge in [0, 0.05) is 26.1 Å². The zero-order chi connectivity index (χ0) is 14.8. The van der Waals surface area contributed by atoms with Gasteiger partial charge in [-0.3, -0.25) is 4.79 Å². The predicted octanol–water partition coefficient (Wildman–Crippen LogP) is 2.08. The number of fused-ring (bicyclic) bond motifs is 1. The first-order valence-electron chi connectivity index (χ1n) is 7.64. The molecule has 0 spiro atoms. The monoisotopic (exact) mass is 309 g/mol. The van der Waals surface area contributed by atoms with E-state index in [-0.39, 0.29) is 12.0 Å². The van der Waals surface area contributed by atoms with Crippen LogP contribution >= 0.6 is 11.8 Å². The molecule has 0 unspecified atom stereocenters. The third-order valence-corrected chi connectivity index (χ3v) is 5.57. The van der Waals surface area contributed by atoms with Gasteiger partial charge in [0.1, 0.15) is 5.82 Å². The van der Waals surface area contributed by atoms with Crippen LogP contribution in [0.1, 0.15) is 37.3 Å². The van der Waals surface area contributed by atoms with Crippen molar-refractivity contribution in [3.8, 4) is 0 Å². The number of amides is 1. The van der Waals surface area contributed by atoms with E-state index in [0.29, 0.717) is 12.5 Å². The van der Waals surface area contributed by atoms with Gasteiger partial charge in [-0.1, -0.05) is 0 Å². The van der Waals surface area contributed by atoms with Crippen LogP contribution < -0.4 is 0 Å². The van der Waals surface area contributed by atoms with E-state index in [1.807, 2.05) is 22.9 Å². The molecule has 0 N–H and O–H groups in total. The van der Waals surface area contributed by atoms with Crippen LogP contribution in [0.4, 0.5) is 0 Å². The highest BCUT2D eigenvalue weighted by atomic mass is 32.2. The van der Waals surface area contributed by atoms with Crippen LogP contribution in [0.15, 0.2) is 6.20 Å². The second-order valence-electron chi connectivity index (χ2n) is 5.79. The summed E-state index contributed by atoms with van der Waals surface area (Å²) in [5.41, 5.74) is 1.10. The molecule has 0 radical (unpaired) electrons. The Labute approximate surface area is 130 Å². The van der Waals surface area contributed by atoms with Crippen LogP contribution in [0.25, 0.3) is 0 Å². The third kappa shape index (κ3) is 2.83. The van der Waals surface area contributed by atoms with Gasteiger partial charge in [0.2, 0.25) is 5.91 Å². The fraction of sp³-hybridized carbons (Fsp3) is 0.733. The number of nitrogens with zero attached hydrogens (tertiary/aromatic N) is 3. The van der Waals surface area contributed by atoms with Crippen LogP contribution in [-0.4, -0.2) is 45.5 Å². The summed E-state index contributed by atoms with van der Waals surface area (Å²) in [7, 11) is 1.70. The predicted molar refractivity (Wildman–Crippen MR) is 83.1 cm³/mol. The standard InChI is InChI=1S/C15H23N3O2S/c1-11-14-16-9-13(10-20-2)18(14)6-5-17(11)15(19)12-3-7-21-8-4-12/h9,11-12H,3-8,10H2,1-2H3/t11-/m1/s1. The number of carbonyl (C=O) groups excluding carboxylic acids is 1. The lowest BCUT2D eigenvalue weighted by Crippen LogP contribution is -2.45. The van der Waals surface area contributed by atoms with Crippen LogP contribution in [0.2, 0.25) is 0 Å². The van der Waals surface area contributed by atoms with Crippen LogP contribution in [0, 0.1) is 5.92 Å². The number of carbonyl (C=O) groups is 1. The molecule has 1 atom stereocenters. The van der Waals surface area contributed by atoms with Crippen molar-refractivity contribution in [2.24, 2.45) is 5.92 Å². The first kappa shape index (κ1) is 14.9. The van der Waals surface area contributed by atoms with E-state index in [4.69, 9.17) is 4.74 Å². The van der Waals surface area contributed by atoms with E-state index < -0.39 is 0 Å². The number of methoxy groups -OCH3 is 1. The quantitative estimate of drug-likeness (QED) is 0.857. The molecular formula is C15H23N3O2S. The second-order valence-corrected chi connectivity index (χ2v) is 7.01. The normalized spacial score (nSPS) is 23.1. The molecule has 3 heterocycles. The fourth-order valence-corrected chi connectivity index (χ4v) is 4.41. The van der Waals surface area contributed by atoms with Crippen molar-refractivity contribution >= 4 is 17.7 Å². The van der Waals surface area contributed by atoms with E-state index >= 15 is 0 Å². The fourth-order valence-electron chi connectivity index (χ4n) is 3.30. The Bertz CT molecular complexity index is 511. The minimum Gasteiger partial charge on any atom is -0.378 e. The minimum atomic E-state index is 0.0615. The maximum atomic E-state index is 12.8. The summed E-state index contributed by atoms with van der Waals surface area (Å²) in [6.07, 6.45) is 3.92. The highest BCUT2D eigenvalue weighted by Gasteiger charge is 2.34. The summed E-state index contributed by atoms with van der Waals surface area (Å²) in [6, 6.07) is 0.0615. The molecule has 1 amide bonds. The number of hydrogen-bond acceptors (Lipinski definition) is 4. The minimum absolute atomic E-state index is 0.0615. The number of aromatic nitrogens is 2. The molecule has 116 valence electrons. The Kier molecular flexibility index (Phi) is 4.54. The van der Waals surface area contributed by atoms with E-state index in [9.17, 15) is 4.79 Å². The van der Waals surface area contributed by atoms with Crippen LogP contribution in [0.5, 0.6) is 0 Å². The average molecular weight is 309 g/mol. The zero-order valence-corrected chi connectivity index (χ0v) is 13.6. The molecule has 1 aromatic heterocycles. The highest BCUT2D eigenvalue weighted by molar-refractivity contribution is 7.99. The first-order valence-corrected chi connectivity index (χ1v) is 8.79. The Morgan fingerprint density at radius 1 is 1.43 bits per heavy atom. The van der Waals surface area contributed by atoms with Crippen molar-refractivity contribution in [2.75, 3.05) is 25.2 Å². The van der Waals surface area contributed by atoms with Gasteiger partial charge >= 0.3 is 0 Å². The molecule has 1 saturated heterocycles. The number of hydrogen-bond donors (Lipinski definition) is 0. The molecule has 0 aliphatic carbocycles. The summed E-state index contributed by atoms with van der Waals surface area (Å²) in [5.74, 6) is 3.77. The highest BCUT2D eigenvalue weighted by Crippen LogP contribution is 2.30. The largest absolute Gasteiger partial charge is 0.378 e. The van der Waals surface area contributed by atoms with Gasteiger partial charge in [-0.25, -0.2) is 4.98 Å². The number of imidazole rings is 1. The van der Waals surface area contributed by atoms with E-state index in [1.165, 1.54) is 0 Å². The van der Waals surface area contributed by atoms with Gasteiger partial charge in [-0.05, 0) is 31.3 Å². The van der Waals surface area contributed by atoms with E-state index in [2.05, 4.69) is 16.5 Å². The Balaban J connectivity index is 1.75. The smallest absolute Gasteiger partial charge is 0.226 e. The van der Waals surface area contributed by atoms with Crippen molar-refractivity contribution in [1.82, 2.24) is 14.5 Å².